The zero-order valence-electron chi connectivity index (χ0n) is 12.1. The number of aromatic nitrogens is 2. The minimum absolute atomic E-state index is 0.000694. The van der Waals surface area contributed by atoms with Gasteiger partial charge in [0.1, 0.15) is 24.3 Å². The summed E-state index contributed by atoms with van der Waals surface area (Å²) in [6.07, 6.45) is 6.66. The highest BCUT2D eigenvalue weighted by Crippen LogP contribution is 2.23. The smallest absolute Gasteiger partial charge is 0.247 e. The van der Waals surface area contributed by atoms with Gasteiger partial charge in [0.25, 0.3) is 0 Å². The normalized spacial score (nSPS) is 20.9. The Bertz CT molecular complexity index is 449. The van der Waals surface area contributed by atoms with Crippen LogP contribution in [-0.4, -0.2) is 49.7 Å². The molecule has 0 aromatic carbocycles. The van der Waals surface area contributed by atoms with Gasteiger partial charge in [0, 0.05) is 24.2 Å². The molecule has 6 heteroatoms. The van der Waals surface area contributed by atoms with Crippen LogP contribution >= 0.6 is 11.8 Å². The summed E-state index contributed by atoms with van der Waals surface area (Å²) in [6, 6.07) is -0.272. The van der Waals surface area contributed by atoms with Crippen LogP contribution in [0.4, 0.5) is 0 Å². The molecule has 1 aliphatic rings. The van der Waals surface area contributed by atoms with Crippen molar-refractivity contribution in [3.8, 4) is 0 Å². The number of imidazole rings is 1. The van der Waals surface area contributed by atoms with Gasteiger partial charge in [0.15, 0.2) is 0 Å². The van der Waals surface area contributed by atoms with Crippen molar-refractivity contribution >= 4 is 17.7 Å². The van der Waals surface area contributed by atoms with Crippen LogP contribution in [0.15, 0.2) is 6.20 Å². The number of aliphatic hydroxyl groups is 1. The van der Waals surface area contributed by atoms with Crippen molar-refractivity contribution in [2.45, 2.75) is 45.4 Å². The van der Waals surface area contributed by atoms with E-state index in [0.717, 1.165) is 30.8 Å². The Labute approximate surface area is 124 Å². The predicted octanol–water partition coefficient (Wildman–Crippen LogP) is 1.62. The molecular formula is C14H22N3O2S. The quantitative estimate of drug-likeness (QED) is 0.897. The molecule has 1 N–H and O–H groups in total. The summed E-state index contributed by atoms with van der Waals surface area (Å²) in [6.45, 7) is 4.61. The van der Waals surface area contributed by atoms with Crippen molar-refractivity contribution in [2.24, 2.45) is 0 Å². The van der Waals surface area contributed by atoms with Crippen LogP contribution in [-0.2, 0) is 4.79 Å². The van der Waals surface area contributed by atoms with Crippen LogP contribution < -0.4 is 0 Å². The van der Waals surface area contributed by atoms with Crippen molar-refractivity contribution in [1.29, 1.82) is 0 Å². The van der Waals surface area contributed by atoms with Crippen molar-refractivity contribution in [1.82, 2.24) is 14.5 Å². The zero-order valence-corrected chi connectivity index (χ0v) is 12.9. The van der Waals surface area contributed by atoms with E-state index in [-0.39, 0.29) is 11.9 Å². The van der Waals surface area contributed by atoms with Crippen LogP contribution in [0.3, 0.4) is 0 Å². The number of thioether (sulfide) groups is 1. The Morgan fingerprint density at radius 1 is 1.70 bits per heavy atom. The molecule has 1 radical (unpaired) electrons. The van der Waals surface area contributed by atoms with Gasteiger partial charge in [-0.3, -0.25) is 4.79 Å². The van der Waals surface area contributed by atoms with Gasteiger partial charge in [-0.25, -0.2) is 4.98 Å². The Morgan fingerprint density at radius 2 is 2.50 bits per heavy atom. The molecule has 2 unspecified atom stereocenters. The maximum atomic E-state index is 12.8. The third-order valence-electron chi connectivity index (χ3n) is 3.64. The van der Waals surface area contributed by atoms with Gasteiger partial charge in [-0.2, -0.15) is 11.8 Å². The van der Waals surface area contributed by atoms with Crippen molar-refractivity contribution in [3.05, 3.63) is 18.2 Å². The maximum Gasteiger partial charge on any atom is 0.247 e. The van der Waals surface area contributed by atoms with E-state index in [4.69, 9.17) is 0 Å². The highest BCUT2D eigenvalue weighted by Gasteiger charge is 2.31. The van der Waals surface area contributed by atoms with Crippen molar-refractivity contribution in [2.75, 3.05) is 18.1 Å². The van der Waals surface area contributed by atoms with E-state index in [2.05, 4.69) is 18.1 Å². The van der Waals surface area contributed by atoms with Gasteiger partial charge in [-0.15, -0.1) is 0 Å². The molecule has 1 aromatic rings. The van der Waals surface area contributed by atoms with E-state index >= 15 is 0 Å². The molecule has 0 saturated carbocycles. The topological polar surface area (TPSA) is 58.4 Å². The summed E-state index contributed by atoms with van der Waals surface area (Å²) >= 11 is 1.69. The summed E-state index contributed by atoms with van der Waals surface area (Å²) in [5.41, 5.74) is 0. The number of aryl methyl sites for hydroxylation is 1. The number of aliphatic hydroxyl groups excluding tert-OH is 1. The van der Waals surface area contributed by atoms with E-state index in [1.807, 2.05) is 11.5 Å². The van der Waals surface area contributed by atoms with Gasteiger partial charge in [0.05, 0.1) is 0 Å². The highest BCUT2D eigenvalue weighted by molar-refractivity contribution is 7.99. The largest absolute Gasteiger partial charge is 0.373 e. The Morgan fingerprint density at radius 3 is 3.10 bits per heavy atom. The highest BCUT2D eigenvalue weighted by atomic mass is 32.2. The minimum atomic E-state index is -0.668. The second-order valence-corrected chi connectivity index (χ2v) is 6.22. The second kappa shape index (κ2) is 7.13. The number of unbranched alkanes of at least 4 members (excludes halogenated alkanes) is 1. The molecule has 2 rings (SSSR count). The first-order valence-electron chi connectivity index (χ1n) is 7.13. The third kappa shape index (κ3) is 3.35. The third-order valence-corrected chi connectivity index (χ3v) is 4.64. The van der Waals surface area contributed by atoms with E-state index in [0.29, 0.717) is 12.3 Å². The molecule has 1 fully saturated rings. The monoisotopic (exact) mass is 296 g/mol. The molecule has 1 saturated heterocycles. The second-order valence-electron chi connectivity index (χ2n) is 5.07. The minimum Gasteiger partial charge on any atom is -0.373 e. The fraction of sp³-hybridized carbons (Fsp3) is 0.714. The van der Waals surface area contributed by atoms with Gasteiger partial charge in [-0.1, -0.05) is 19.8 Å². The summed E-state index contributed by atoms with van der Waals surface area (Å²) < 4.78 is 1.88. The molecule has 2 atom stereocenters. The van der Waals surface area contributed by atoms with Crippen molar-refractivity contribution < 1.29 is 9.90 Å². The van der Waals surface area contributed by atoms with Gasteiger partial charge < -0.3 is 14.6 Å². The lowest BCUT2D eigenvalue weighted by atomic mass is 10.1. The number of nitrogens with zero attached hydrogens (tertiary/aromatic N) is 3. The summed E-state index contributed by atoms with van der Waals surface area (Å²) in [7, 11) is 0. The number of hydrogen-bond donors (Lipinski definition) is 1. The van der Waals surface area contributed by atoms with Gasteiger partial charge >= 0.3 is 0 Å². The first-order valence-corrected chi connectivity index (χ1v) is 8.28. The number of hydrogen-bond acceptors (Lipinski definition) is 4. The molecule has 2 heterocycles. The van der Waals surface area contributed by atoms with Crippen LogP contribution in [0.2, 0.25) is 0 Å². The van der Waals surface area contributed by atoms with Crippen LogP contribution in [0, 0.1) is 13.1 Å². The fourth-order valence-corrected chi connectivity index (χ4v) is 3.35. The van der Waals surface area contributed by atoms with E-state index in [1.165, 1.54) is 0 Å². The van der Waals surface area contributed by atoms with Crippen LogP contribution in [0.1, 0.15) is 38.1 Å². The Kier molecular flexibility index (Phi) is 5.48. The molecule has 1 aromatic heterocycles. The number of carbonyl (C=O) groups is 1. The molecule has 0 bridgehead atoms. The number of rotatable bonds is 5. The zero-order chi connectivity index (χ0) is 14.5. The van der Waals surface area contributed by atoms with Gasteiger partial charge in [0.2, 0.25) is 5.91 Å². The number of carbonyl (C=O) groups excluding carboxylic acids is 1. The lowest BCUT2D eigenvalue weighted by Crippen LogP contribution is -2.48. The Hall–Kier alpha value is -1.01. The average Bonchev–Trinajstić information content (AvgIpc) is 2.86. The lowest BCUT2D eigenvalue weighted by molar-refractivity contribution is -0.143. The summed E-state index contributed by atoms with van der Waals surface area (Å²) in [4.78, 5) is 18.5. The summed E-state index contributed by atoms with van der Waals surface area (Å²) in [5, 5.41) is 10.0. The molecule has 0 aliphatic carbocycles. The maximum absolute atomic E-state index is 12.8. The predicted molar refractivity (Wildman–Crippen MR) is 79.4 cm³/mol. The van der Waals surface area contributed by atoms with Crippen LogP contribution in [0.5, 0.6) is 0 Å². The Balaban J connectivity index is 2.17. The fourth-order valence-electron chi connectivity index (χ4n) is 2.47. The first kappa shape index (κ1) is 15.4. The lowest BCUT2D eigenvalue weighted by Gasteiger charge is -2.35. The molecular weight excluding hydrogens is 274 g/mol. The van der Waals surface area contributed by atoms with E-state index < -0.39 is 6.23 Å². The molecule has 1 amide bonds. The van der Waals surface area contributed by atoms with Gasteiger partial charge in [-0.05, 0) is 13.3 Å². The number of amides is 1. The average molecular weight is 296 g/mol. The molecule has 111 valence electrons. The molecule has 20 heavy (non-hydrogen) atoms. The molecule has 0 spiro atoms. The molecule has 5 nitrogen and oxygen atoms in total. The van der Waals surface area contributed by atoms with E-state index in [1.54, 1.807) is 22.9 Å². The standard InChI is InChI=1S/C14H22N3O2S/c1-3-4-5-12(16-7-6-15-11(16)2)14(19)17-8-9-20-10-13(17)18/h7,12-13,18H,3-5,8-10H2,1-2H3. The van der Waals surface area contributed by atoms with Crippen LogP contribution in [0.25, 0.3) is 0 Å². The van der Waals surface area contributed by atoms with E-state index in [9.17, 15) is 9.90 Å². The van der Waals surface area contributed by atoms with Crippen molar-refractivity contribution in [3.63, 3.8) is 0 Å². The summed E-state index contributed by atoms with van der Waals surface area (Å²) in [5.74, 6) is 2.28. The SMILES string of the molecule is CCCCC(C(=O)N1CCSCC1O)n1c[c]nc1C. The molecule has 1 aliphatic heterocycles. The first-order chi connectivity index (χ1) is 9.65.